The summed E-state index contributed by atoms with van der Waals surface area (Å²) in [5.41, 5.74) is 0.825. The smallest absolute Gasteiger partial charge is 0.416 e. The van der Waals surface area contributed by atoms with Crippen molar-refractivity contribution in [3.05, 3.63) is 81.5 Å². The van der Waals surface area contributed by atoms with E-state index in [0.29, 0.717) is 41.5 Å². The van der Waals surface area contributed by atoms with Crippen LogP contribution in [0.15, 0.2) is 59.8 Å². The Kier molecular flexibility index (Phi) is 8.74. The van der Waals surface area contributed by atoms with Crippen LogP contribution < -0.4 is 5.32 Å². The number of benzene rings is 2. The van der Waals surface area contributed by atoms with Crippen molar-refractivity contribution < 1.29 is 32.3 Å². The highest BCUT2D eigenvalue weighted by Crippen LogP contribution is 2.33. The van der Waals surface area contributed by atoms with E-state index >= 15 is 0 Å². The molecular formula is C28H30ClF3N4O4. The zero-order valence-corrected chi connectivity index (χ0v) is 23.1. The summed E-state index contributed by atoms with van der Waals surface area (Å²) in [5, 5.41) is 3.38. The number of ether oxygens (including phenoxy) is 1. The summed E-state index contributed by atoms with van der Waals surface area (Å²) in [5.74, 6) is -0.905. The highest BCUT2D eigenvalue weighted by atomic mass is 35.5. The Bertz CT molecular complexity index is 1300. The van der Waals surface area contributed by atoms with E-state index in [-0.39, 0.29) is 36.7 Å². The molecule has 4 rings (SSSR count). The molecule has 214 valence electrons. The molecule has 0 spiro atoms. The molecule has 2 aromatic rings. The summed E-state index contributed by atoms with van der Waals surface area (Å²) in [6.45, 7) is 5.12. The van der Waals surface area contributed by atoms with Gasteiger partial charge in [0.15, 0.2) is 0 Å². The van der Waals surface area contributed by atoms with Gasteiger partial charge < -0.3 is 15.0 Å². The Morgan fingerprint density at radius 2 is 1.73 bits per heavy atom. The van der Waals surface area contributed by atoms with Crippen molar-refractivity contribution in [3.8, 4) is 0 Å². The topological polar surface area (TPSA) is 82.2 Å². The number of nitrogens with zero attached hydrogens (tertiary/aromatic N) is 3. The number of esters is 1. The number of hydrogen-bond donors (Lipinski definition) is 1. The third kappa shape index (κ3) is 6.26. The van der Waals surface area contributed by atoms with Crippen LogP contribution in [0.1, 0.15) is 41.4 Å². The van der Waals surface area contributed by atoms with Crippen molar-refractivity contribution in [2.24, 2.45) is 0 Å². The molecule has 0 aromatic heterocycles. The molecule has 0 saturated carbocycles. The Hall–Kier alpha value is -3.57. The number of carbonyl (C=O) groups excluding carboxylic acids is 3. The molecule has 2 aliphatic heterocycles. The van der Waals surface area contributed by atoms with Crippen LogP contribution in [-0.4, -0.2) is 78.5 Å². The maximum atomic E-state index is 13.2. The summed E-state index contributed by atoms with van der Waals surface area (Å²) in [7, 11) is 1.58. The van der Waals surface area contributed by atoms with Gasteiger partial charge in [-0.05, 0) is 55.8 Å². The highest BCUT2D eigenvalue weighted by Gasteiger charge is 2.38. The number of alkyl halides is 3. The average Bonchev–Trinajstić information content (AvgIpc) is 2.91. The fraction of sp³-hybridized carbons (Fsp3) is 0.393. The zero-order chi connectivity index (χ0) is 29.2. The van der Waals surface area contributed by atoms with E-state index in [9.17, 15) is 27.6 Å². The van der Waals surface area contributed by atoms with E-state index in [0.717, 1.165) is 12.1 Å². The summed E-state index contributed by atoms with van der Waals surface area (Å²) >= 11 is 6.04. The molecule has 1 saturated heterocycles. The maximum Gasteiger partial charge on any atom is 0.416 e. The normalized spacial score (nSPS) is 20.4. The molecule has 2 aliphatic rings. The maximum absolute atomic E-state index is 13.2. The number of piperazine rings is 1. The molecule has 2 atom stereocenters. The molecule has 40 heavy (non-hydrogen) atoms. The van der Waals surface area contributed by atoms with Crippen LogP contribution in [0, 0.1) is 0 Å². The van der Waals surface area contributed by atoms with E-state index in [1.807, 2.05) is 11.8 Å². The number of halogens is 4. The standard InChI is InChI=1S/C28H30ClF3N4O4/c1-4-40-26(38)23-22(34(3)27(39)33-24(23)18-7-11-21(29)12-8-18)16-35-13-14-36(17(2)15-35)25(37)19-5-9-20(10-6-19)28(30,31)32/h5-12,17,24H,4,13-16H2,1-3H3,(H,33,39)/t17-,24-/m0/s1. The lowest BCUT2D eigenvalue weighted by Gasteiger charge is -2.42. The SMILES string of the molecule is CCOC(=O)C1=C(CN2CCN(C(=O)c3ccc(C(F)(F)F)cc3)[C@@H](C)C2)N(C)C(=O)N[C@H]1c1ccc(Cl)cc1. The average molecular weight is 579 g/mol. The minimum atomic E-state index is -4.48. The van der Waals surface area contributed by atoms with Crippen LogP contribution in [0.25, 0.3) is 0 Å². The van der Waals surface area contributed by atoms with E-state index in [1.54, 1.807) is 43.1 Å². The van der Waals surface area contributed by atoms with E-state index in [4.69, 9.17) is 16.3 Å². The second-order valence-electron chi connectivity index (χ2n) is 9.73. The summed E-state index contributed by atoms with van der Waals surface area (Å²) < 4.78 is 44.1. The summed E-state index contributed by atoms with van der Waals surface area (Å²) in [6.07, 6.45) is -4.48. The van der Waals surface area contributed by atoms with Crippen LogP contribution in [0.2, 0.25) is 5.02 Å². The van der Waals surface area contributed by atoms with Gasteiger partial charge in [0.1, 0.15) is 0 Å². The Labute approximate surface area is 235 Å². The number of hydrogen-bond acceptors (Lipinski definition) is 5. The Morgan fingerprint density at radius 1 is 1.07 bits per heavy atom. The summed E-state index contributed by atoms with van der Waals surface area (Å²) in [4.78, 5) is 44.2. The monoisotopic (exact) mass is 578 g/mol. The molecule has 0 radical (unpaired) electrons. The van der Waals surface area contributed by atoms with E-state index in [1.165, 1.54) is 17.0 Å². The molecule has 8 nitrogen and oxygen atoms in total. The molecule has 0 unspecified atom stereocenters. The molecule has 1 N–H and O–H groups in total. The van der Waals surface area contributed by atoms with Gasteiger partial charge in [-0.15, -0.1) is 0 Å². The Balaban J connectivity index is 1.56. The van der Waals surface area contributed by atoms with Crippen molar-refractivity contribution in [2.45, 2.75) is 32.1 Å². The van der Waals surface area contributed by atoms with Crippen molar-refractivity contribution in [2.75, 3.05) is 39.8 Å². The van der Waals surface area contributed by atoms with Gasteiger partial charge in [-0.2, -0.15) is 13.2 Å². The second kappa shape index (κ2) is 11.9. The van der Waals surface area contributed by atoms with Crippen LogP contribution >= 0.6 is 11.6 Å². The van der Waals surface area contributed by atoms with Gasteiger partial charge >= 0.3 is 18.2 Å². The van der Waals surface area contributed by atoms with Gasteiger partial charge in [0.2, 0.25) is 0 Å². The first-order valence-electron chi connectivity index (χ1n) is 12.8. The van der Waals surface area contributed by atoms with Gasteiger partial charge in [0, 0.05) is 55.6 Å². The predicted octanol–water partition coefficient (Wildman–Crippen LogP) is 4.72. The number of nitrogens with one attached hydrogen (secondary N) is 1. The van der Waals surface area contributed by atoms with Crippen LogP contribution in [0.5, 0.6) is 0 Å². The zero-order valence-electron chi connectivity index (χ0n) is 22.3. The van der Waals surface area contributed by atoms with E-state index in [2.05, 4.69) is 5.32 Å². The minimum Gasteiger partial charge on any atom is -0.463 e. The van der Waals surface area contributed by atoms with Gasteiger partial charge in [0.25, 0.3) is 5.91 Å². The second-order valence-corrected chi connectivity index (χ2v) is 10.2. The van der Waals surface area contributed by atoms with Gasteiger partial charge in [-0.3, -0.25) is 14.6 Å². The lowest BCUT2D eigenvalue weighted by molar-refractivity contribution is -0.139. The lowest BCUT2D eigenvalue weighted by atomic mass is 9.94. The largest absolute Gasteiger partial charge is 0.463 e. The molecule has 3 amide bonds. The third-order valence-corrected chi connectivity index (χ3v) is 7.33. The van der Waals surface area contributed by atoms with Crippen LogP contribution in [0.3, 0.4) is 0 Å². The van der Waals surface area contributed by atoms with Gasteiger partial charge in [-0.1, -0.05) is 23.7 Å². The summed E-state index contributed by atoms with van der Waals surface area (Å²) in [6, 6.07) is 9.62. The fourth-order valence-corrected chi connectivity index (χ4v) is 5.09. The number of carbonyl (C=O) groups is 3. The molecule has 12 heteroatoms. The number of urea groups is 1. The lowest BCUT2D eigenvalue weighted by Crippen LogP contribution is -2.56. The van der Waals surface area contributed by atoms with E-state index < -0.39 is 23.8 Å². The molecule has 0 bridgehead atoms. The molecule has 2 heterocycles. The highest BCUT2D eigenvalue weighted by molar-refractivity contribution is 6.30. The first kappa shape index (κ1) is 29.4. The van der Waals surface area contributed by atoms with Gasteiger partial charge in [0.05, 0.1) is 23.8 Å². The molecular weight excluding hydrogens is 549 g/mol. The van der Waals surface area contributed by atoms with Crippen molar-refractivity contribution in [3.63, 3.8) is 0 Å². The number of likely N-dealkylation sites (N-methyl/N-ethyl adjacent to an activating group) is 1. The number of rotatable bonds is 6. The quantitative estimate of drug-likeness (QED) is 0.502. The van der Waals surface area contributed by atoms with Gasteiger partial charge in [-0.25, -0.2) is 9.59 Å². The van der Waals surface area contributed by atoms with Crippen molar-refractivity contribution >= 4 is 29.5 Å². The molecule has 0 aliphatic carbocycles. The molecule has 1 fully saturated rings. The van der Waals surface area contributed by atoms with Crippen molar-refractivity contribution in [1.29, 1.82) is 0 Å². The predicted molar refractivity (Wildman–Crippen MR) is 143 cm³/mol. The number of amides is 3. The van der Waals surface area contributed by atoms with Crippen LogP contribution in [0.4, 0.5) is 18.0 Å². The first-order valence-corrected chi connectivity index (χ1v) is 13.2. The van der Waals surface area contributed by atoms with Crippen LogP contribution in [-0.2, 0) is 15.7 Å². The van der Waals surface area contributed by atoms with Crippen molar-refractivity contribution in [1.82, 2.24) is 20.0 Å². The first-order chi connectivity index (χ1) is 18.9. The Morgan fingerprint density at radius 3 is 2.30 bits per heavy atom. The third-order valence-electron chi connectivity index (χ3n) is 7.08. The fourth-order valence-electron chi connectivity index (χ4n) is 4.96. The molecule has 2 aromatic carbocycles. The minimum absolute atomic E-state index is 0.155.